The van der Waals surface area contributed by atoms with Gasteiger partial charge in [0.2, 0.25) is 0 Å². The lowest BCUT2D eigenvalue weighted by atomic mass is 10.2. The van der Waals surface area contributed by atoms with Crippen molar-refractivity contribution in [3.05, 3.63) is 55.2 Å². The predicted octanol–water partition coefficient (Wildman–Crippen LogP) is 3.45. The topological polar surface area (TPSA) is 116 Å². The smallest absolute Gasteiger partial charge is 0.318 e. The lowest BCUT2D eigenvalue weighted by Gasteiger charge is -2.09. The molecule has 0 spiro atoms. The van der Waals surface area contributed by atoms with Crippen LogP contribution in [-0.2, 0) is 13.1 Å². The molecular weight excluding hydrogens is 374 g/mol. The van der Waals surface area contributed by atoms with Gasteiger partial charge in [0.05, 0.1) is 4.92 Å². The molecule has 0 fully saturated rings. The molecule has 0 saturated heterocycles. The summed E-state index contributed by atoms with van der Waals surface area (Å²) in [4.78, 5) is 42.8. The molecule has 9 nitrogen and oxygen atoms in total. The second-order valence-corrected chi connectivity index (χ2v) is 7.04. The molecule has 0 atom stereocenters. The number of H-pyrrole nitrogens is 1. The predicted molar refractivity (Wildman–Crippen MR) is 111 cm³/mol. The van der Waals surface area contributed by atoms with Crippen LogP contribution >= 0.6 is 0 Å². The molecule has 9 heteroatoms. The minimum Gasteiger partial charge on any atom is -0.318 e. The largest absolute Gasteiger partial charge is 0.330 e. The average molecular weight is 399 g/mol. The van der Waals surface area contributed by atoms with Gasteiger partial charge in [0.1, 0.15) is 5.82 Å². The Kier molecular flexibility index (Phi) is 6.26. The van der Waals surface area contributed by atoms with E-state index in [2.05, 4.69) is 16.9 Å². The Bertz CT molecular complexity index is 1140. The maximum atomic E-state index is 12.7. The molecule has 0 amide bonds. The Morgan fingerprint density at radius 1 is 1.07 bits per heavy atom. The quantitative estimate of drug-likeness (QED) is 0.336. The van der Waals surface area contributed by atoms with E-state index in [4.69, 9.17) is 0 Å². The Morgan fingerprint density at radius 2 is 1.79 bits per heavy atom. The van der Waals surface area contributed by atoms with E-state index in [1.165, 1.54) is 16.7 Å². The van der Waals surface area contributed by atoms with Gasteiger partial charge in [-0.15, -0.1) is 0 Å². The van der Waals surface area contributed by atoms with E-state index in [0.717, 1.165) is 32.1 Å². The van der Waals surface area contributed by atoms with Crippen LogP contribution in [0.25, 0.3) is 22.6 Å². The van der Waals surface area contributed by atoms with E-state index in [9.17, 15) is 19.7 Å². The highest BCUT2D eigenvalue weighted by molar-refractivity contribution is 5.77. The van der Waals surface area contributed by atoms with Crippen molar-refractivity contribution in [2.45, 2.75) is 59.0 Å². The first-order valence-electron chi connectivity index (χ1n) is 9.96. The summed E-state index contributed by atoms with van der Waals surface area (Å²) in [5.74, 6) is 0.459. The molecule has 2 aromatic heterocycles. The first-order chi connectivity index (χ1) is 14.0. The number of aromatic nitrogens is 4. The van der Waals surface area contributed by atoms with Crippen LogP contribution in [0.4, 0.5) is 5.69 Å². The van der Waals surface area contributed by atoms with Crippen molar-refractivity contribution in [2.24, 2.45) is 0 Å². The number of nitro groups is 1. The van der Waals surface area contributed by atoms with Gasteiger partial charge >= 0.3 is 5.69 Å². The third-order valence-corrected chi connectivity index (χ3v) is 4.92. The molecule has 0 unspecified atom stereocenters. The van der Waals surface area contributed by atoms with Crippen LogP contribution in [0.3, 0.4) is 0 Å². The molecule has 3 rings (SSSR count). The number of imidazole rings is 1. The highest BCUT2D eigenvalue weighted by atomic mass is 16.6. The molecule has 1 aromatic carbocycles. The molecule has 154 valence electrons. The maximum absolute atomic E-state index is 12.7. The van der Waals surface area contributed by atoms with Gasteiger partial charge in [-0.2, -0.15) is 0 Å². The summed E-state index contributed by atoms with van der Waals surface area (Å²) in [7, 11) is 0. The van der Waals surface area contributed by atoms with Crippen molar-refractivity contribution in [3.63, 3.8) is 0 Å². The number of rotatable bonds is 9. The zero-order valence-corrected chi connectivity index (χ0v) is 16.7. The third kappa shape index (κ3) is 4.13. The van der Waals surface area contributed by atoms with Gasteiger partial charge in [-0.05, 0) is 12.8 Å². The van der Waals surface area contributed by atoms with Crippen LogP contribution in [0.5, 0.6) is 0 Å². The molecule has 0 aliphatic carbocycles. The summed E-state index contributed by atoms with van der Waals surface area (Å²) in [6.45, 7) is 5.09. The minimum absolute atomic E-state index is 0.0491. The van der Waals surface area contributed by atoms with E-state index in [-0.39, 0.29) is 5.69 Å². The molecule has 1 N–H and O–H groups in total. The van der Waals surface area contributed by atoms with Gasteiger partial charge in [-0.25, -0.2) is 9.78 Å². The van der Waals surface area contributed by atoms with Crippen molar-refractivity contribution in [1.29, 1.82) is 0 Å². The van der Waals surface area contributed by atoms with Gasteiger partial charge in [-0.1, -0.05) is 45.2 Å². The Balaban J connectivity index is 2.27. The number of nitrogens with zero attached hydrogens (tertiary/aromatic N) is 4. The zero-order valence-electron chi connectivity index (χ0n) is 16.7. The van der Waals surface area contributed by atoms with Crippen LogP contribution < -0.4 is 11.2 Å². The van der Waals surface area contributed by atoms with Crippen molar-refractivity contribution in [2.75, 3.05) is 0 Å². The Hall–Kier alpha value is -3.23. The third-order valence-electron chi connectivity index (χ3n) is 4.92. The Morgan fingerprint density at radius 3 is 2.48 bits per heavy atom. The monoisotopic (exact) mass is 399 g/mol. The van der Waals surface area contributed by atoms with Gasteiger partial charge in [-0.3, -0.25) is 24.5 Å². The van der Waals surface area contributed by atoms with Crippen LogP contribution in [-0.4, -0.2) is 24.0 Å². The SMILES string of the molecule is CCCCCn1c(-c2cccc([N+](=O)[O-])c2)nc2c1c(=O)[nH]c(=O)n2CCCC. The molecular formula is C20H25N5O4. The standard InChI is InChI=1S/C20H25N5O4/c1-3-5-7-12-23-16-18(24(11-6-4-2)20(27)22-19(16)26)21-17(23)14-9-8-10-15(13-14)25(28)29/h8-10,13H,3-7,11-12H2,1-2H3,(H,22,26,27). The van der Waals surface area contributed by atoms with E-state index in [1.54, 1.807) is 16.7 Å². The fourth-order valence-corrected chi connectivity index (χ4v) is 3.41. The fraction of sp³-hybridized carbons (Fsp3) is 0.450. The van der Waals surface area contributed by atoms with Crippen molar-refractivity contribution in [3.8, 4) is 11.4 Å². The van der Waals surface area contributed by atoms with Crippen molar-refractivity contribution < 1.29 is 4.92 Å². The number of hydrogen-bond acceptors (Lipinski definition) is 5. The number of nitro benzene ring substituents is 1. The summed E-state index contributed by atoms with van der Waals surface area (Å²) in [6, 6.07) is 6.18. The summed E-state index contributed by atoms with van der Waals surface area (Å²) in [5, 5.41) is 11.2. The summed E-state index contributed by atoms with van der Waals surface area (Å²) >= 11 is 0. The van der Waals surface area contributed by atoms with E-state index in [1.807, 2.05) is 6.92 Å². The lowest BCUT2D eigenvalue weighted by molar-refractivity contribution is -0.384. The molecule has 2 heterocycles. The van der Waals surface area contributed by atoms with Gasteiger partial charge in [0.25, 0.3) is 11.2 Å². The summed E-state index contributed by atoms with van der Waals surface area (Å²) in [6.07, 6.45) is 4.48. The average Bonchev–Trinajstić information content (AvgIpc) is 3.08. The number of benzene rings is 1. The fourth-order valence-electron chi connectivity index (χ4n) is 3.41. The molecule has 0 saturated carbocycles. The number of hydrogen-bond donors (Lipinski definition) is 1. The second kappa shape index (κ2) is 8.85. The highest BCUT2D eigenvalue weighted by Gasteiger charge is 2.20. The van der Waals surface area contributed by atoms with E-state index >= 15 is 0 Å². The molecule has 0 bridgehead atoms. The van der Waals surface area contributed by atoms with Gasteiger partial charge < -0.3 is 4.57 Å². The highest BCUT2D eigenvalue weighted by Crippen LogP contribution is 2.26. The normalized spacial score (nSPS) is 11.2. The van der Waals surface area contributed by atoms with Crippen molar-refractivity contribution in [1.82, 2.24) is 19.1 Å². The minimum atomic E-state index is -0.488. The first kappa shape index (κ1) is 20.5. The molecule has 0 aliphatic heterocycles. The number of aromatic amines is 1. The zero-order chi connectivity index (χ0) is 21.0. The first-order valence-corrected chi connectivity index (χ1v) is 9.96. The van der Waals surface area contributed by atoms with Gasteiger partial charge in [0, 0.05) is 30.8 Å². The van der Waals surface area contributed by atoms with Crippen LogP contribution in [0.15, 0.2) is 33.9 Å². The van der Waals surface area contributed by atoms with Crippen LogP contribution in [0.1, 0.15) is 46.0 Å². The van der Waals surface area contributed by atoms with E-state index < -0.39 is 16.2 Å². The lowest BCUT2D eigenvalue weighted by Crippen LogP contribution is -2.31. The number of fused-ring (bicyclic) bond motifs is 1. The molecule has 0 radical (unpaired) electrons. The number of aryl methyl sites for hydroxylation is 2. The molecule has 3 aromatic rings. The molecule has 0 aliphatic rings. The summed E-state index contributed by atoms with van der Waals surface area (Å²) in [5.41, 5.74) is 0.175. The summed E-state index contributed by atoms with van der Waals surface area (Å²) < 4.78 is 3.27. The van der Waals surface area contributed by atoms with Crippen LogP contribution in [0.2, 0.25) is 0 Å². The van der Waals surface area contributed by atoms with Crippen LogP contribution in [0, 0.1) is 10.1 Å². The molecule has 29 heavy (non-hydrogen) atoms. The number of nitrogens with one attached hydrogen (secondary N) is 1. The van der Waals surface area contributed by atoms with Gasteiger partial charge in [0.15, 0.2) is 11.2 Å². The second-order valence-electron chi connectivity index (χ2n) is 7.04. The van der Waals surface area contributed by atoms with E-state index in [0.29, 0.717) is 35.6 Å². The number of non-ortho nitro benzene ring substituents is 1. The number of unbranched alkanes of at least 4 members (excludes halogenated alkanes) is 3. The van der Waals surface area contributed by atoms with Crippen molar-refractivity contribution >= 4 is 16.9 Å². The Labute approximate surface area is 167 Å². The maximum Gasteiger partial charge on any atom is 0.330 e.